The molecule has 0 bridgehead atoms. The molecule has 2 aliphatic heterocycles. The van der Waals surface area contributed by atoms with Crippen LogP contribution in [-0.4, -0.2) is 33.2 Å². The maximum absolute atomic E-state index is 13.6. The van der Waals surface area contributed by atoms with Crippen molar-refractivity contribution in [3.63, 3.8) is 0 Å². The fraction of sp³-hybridized carbons (Fsp3) is 0.400. The minimum atomic E-state index is -0.509. The number of hydrogen-bond acceptors (Lipinski definition) is 6. The van der Waals surface area contributed by atoms with Gasteiger partial charge in [0.15, 0.2) is 5.17 Å². The molecule has 5 rings (SSSR count). The van der Waals surface area contributed by atoms with E-state index in [1.807, 2.05) is 18.2 Å². The second-order valence-corrected chi connectivity index (χ2v) is 8.49. The lowest BCUT2D eigenvalue weighted by molar-refractivity contribution is -0.0236. The number of hydrogen-bond donors (Lipinski definition) is 2. The van der Waals surface area contributed by atoms with E-state index in [0.717, 1.165) is 35.5 Å². The van der Waals surface area contributed by atoms with Crippen LogP contribution in [0.1, 0.15) is 24.8 Å². The van der Waals surface area contributed by atoms with Crippen molar-refractivity contribution in [3.05, 3.63) is 48.0 Å². The summed E-state index contributed by atoms with van der Waals surface area (Å²) in [6, 6.07) is 7.36. The van der Waals surface area contributed by atoms with E-state index in [4.69, 9.17) is 15.5 Å². The average Bonchev–Trinajstić information content (AvgIpc) is 3.05. The lowest BCUT2D eigenvalue weighted by Crippen LogP contribution is -2.51. The molecule has 0 amide bonds. The Morgan fingerprint density at radius 1 is 1.22 bits per heavy atom. The van der Waals surface area contributed by atoms with Crippen molar-refractivity contribution in [2.75, 3.05) is 5.75 Å². The van der Waals surface area contributed by atoms with Crippen LogP contribution in [0.25, 0.3) is 11.1 Å². The number of ether oxygens (including phenoxy) is 1. The third kappa shape index (κ3) is 2.72. The Morgan fingerprint density at radius 3 is 2.89 bits per heavy atom. The smallest absolute Gasteiger partial charge is 0.154 e. The lowest BCUT2D eigenvalue weighted by Gasteiger charge is -2.48. The number of nitrogens with two attached hydrogens (primary N) is 1. The first-order chi connectivity index (χ1) is 13.0. The summed E-state index contributed by atoms with van der Waals surface area (Å²) in [5.41, 5.74) is 8.10. The Hall–Kier alpha value is -2.12. The topological polar surface area (TPSA) is 80.7 Å². The molecule has 7 heteroatoms. The maximum Gasteiger partial charge on any atom is 0.154 e. The molecule has 1 fully saturated rings. The van der Waals surface area contributed by atoms with Crippen molar-refractivity contribution in [1.82, 2.24) is 4.98 Å². The summed E-state index contributed by atoms with van der Waals surface area (Å²) in [6.07, 6.45) is 4.72. The summed E-state index contributed by atoms with van der Waals surface area (Å²) in [6.45, 7) is 0. The molecule has 140 valence electrons. The van der Waals surface area contributed by atoms with Gasteiger partial charge in [0, 0.05) is 29.0 Å². The summed E-state index contributed by atoms with van der Waals surface area (Å²) in [5.74, 6) is 1.24. The van der Waals surface area contributed by atoms with Crippen LogP contribution in [0.2, 0.25) is 0 Å². The van der Waals surface area contributed by atoms with Crippen LogP contribution in [-0.2, 0) is 5.54 Å². The van der Waals surface area contributed by atoms with Crippen LogP contribution < -0.4 is 10.5 Å². The zero-order valence-electron chi connectivity index (χ0n) is 14.6. The highest BCUT2D eigenvalue weighted by molar-refractivity contribution is 8.14. The number of fused-ring (bicyclic) bond motifs is 4. The fourth-order valence-corrected chi connectivity index (χ4v) is 5.65. The van der Waals surface area contributed by atoms with E-state index in [1.165, 1.54) is 12.3 Å². The van der Waals surface area contributed by atoms with E-state index in [-0.39, 0.29) is 23.9 Å². The quantitative estimate of drug-likeness (QED) is 0.789. The second kappa shape index (κ2) is 6.21. The molecule has 1 saturated carbocycles. The number of aliphatic hydroxyl groups is 1. The lowest BCUT2D eigenvalue weighted by atomic mass is 9.68. The van der Waals surface area contributed by atoms with Crippen molar-refractivity contribution in [2.24, 2.45) is 16.6 Å². The Kier molecular flexibility index (Phi) is 3.91. The normalized spacial score (nSPS) is 31.8. The summed E-state index contributed by atoms with van der Waals surface area (Å²) in [5, 5.41) is 10.8. The van der Waals surface area contributed by atoms with Gasteiger partial charge in [0.1, 0.15) is 23.2 Å². The van der Waals surface area contributed by atoms with Gasteiger partial charge in [0.25, 0.3) is 0 Å². The number of nitrogens with zero attached hydrogens (tertiary/aromatic N) is 2. The molecule has 1 aromatic carbocycles. The van der Waals surface area contributed by atoms with Gasteiger partial charge in [-0.2, -0.15) is 0 Å². The largest absolute Gasteiger partial charge is 0.490 e. The molecule has 3 aliphatic rings. The van der Waals surface area contributed by atoms with Crippen LogP contribution in [0, 0.1) is 11.7 Å². The van der Waals surface area contributed by atoms with Crippen molar-refractivity contribution in [2.45, 2.75) is 37.0 Å². The molecule has 4 unspecified atom stereocenters. The molecule has 1 aliphatic carbocycles. The van der Waals surface area contributed by atoms with Crippen LogP contribution >= 0.6 is 11.8 Å². The van der Waals surface area contributed by atoms with Crippen LogP contribution in [0.4, 0.5) is 4.39 Å². The van der Waals surface area contributed by atoms with E-state index in [2.05, 4.69) is 4.98 Å². The number of aromatic nitrogens is 1. The van der Waals surface area contributed by atoms with Crippen molar-refractivity contribution < 1.29 is 14.2 Å². The summed E-state index contributed by atoms with van der Waals surface area (Å²) in [4.78, 5) is 8.83. The fourth-order valence-electron chi connectivity index (χ4n) is 4.62. The van der Waals surface area contributed by atoms with Gasteiger partial charge in [0.05, 0.1) is 12.3 Å². The van der Waals surface area contributed by atoms with E-state index in [0.29, 0.717) is 17.2 Å². The number of halogens is 1. The summed E-state index contributed by atoms with van der Waals surface area (Å²) >= 11 is 1.55. The minimum Gasteiger partial charge on any atom is -0.490 e. The molecule has 1 aromatic heterocycles. The highest BCUT2D eigenvalue weighted by Crippen LogP contribution is 2.54. The number of rotatable bonds is 1. The molecule has 3 heterocycles. The Balaban J connectivity index is 1.66. The summed E-state index contributed by atoms with van der Waals surface area (Å²) < 4.78 is 19.9. The van der Waals surface area contributed by atoms with Gasteiger partial charge in [0.2, 0.25) is 0 Å². The predicted molar refractivity (Wildman–Crippen MR) is 103 cm³/mol. The number of amidine groups is 1. The van der Waals surface area contributed by atoms with Crippen molar-refractivity contribution >= 4 is 16.9 Å². The zero-order valence-corrected chi connectivity index (χ0v) is 15.5. The molecular weight excluding hydrogens is 365 g/mol. The van der Waals surface area contributed by atoms with Gasteiger partial charge in [-0.1, -0.05) is 17.8 Å². The molecule has 1 spiro atoms. The molecule has 4 atom stereocenters. The van der Waals surface area contributed by atoms with E-state index >= 15 is 0 Å². The minimum absolute atomic E-state index is 0.0258. The Bertz CT molecular complexity index is 937. The second-order valence-electron chi connectivity index (χ2n) is 7.50. The highest BCUT2D eigenvalue weighted by Gasteiger charge is 2.54. The molecule has 2 aromatic rings. The van der Waals surface area contributed by atoms with E-state index < -0.39 is 5.54 Å². The Morgan fingerprint density at radius 2 is 2.11 bits per heavy atom. The molecule has 0 radical (unpaired) electrons. The van der Waals surface area contributed by atoms with Gasteiger partial charge in [-0.3, -0.25) is 4.98 Å². The van der Waals surface area contributed by atoms with Crippen LogP contribution in [0.3, 0.4) is 0 Å². The first-order valence-corrected chi connectivity index (χ1v) is 10.1. The van der Waals surface area contributed by atoms with Gasteiger partial charge >= 0.3 is 0 Å². The molecule has 27 heavy (non-hydrogen) atoms. The number of thioether (sulfide) groups is 1. The molecule has 5 nitrogen and oxygen atoms in total. The number of aliphatic hydroxyl groups excluding tert-OH is 1. The number of benzene rings is 1. The molecule has 3 N–H and O–H groups in total. The maximum atomic E-state index is 13.6. The van der Waals surface area contributed by atoms with Crippen molar-refractivity contribution in [3.8, 4) is 16.9 Å². The van der Waals surface area contributed by atoms with Crippen LogP contribution in [0.15, 0.2) is 41.7 Å². The first-order valence-electron chi connectivity index (χ1n) is 9.13. The SMILES string of the molecule is NC1=NC2(CS1)c1cc(-c3cncc(F)c3)ccc1OC1CCC(O)CC12. The van der Waals surface area contributed by atoms with Gasteiger partial charge in [-0.05, 0) is 43.0 Å². The van der Waals surface area contributed by atoms with Crippen molar-refractivity contribution in [1.29, 1.82) is 0 Å². The average molecular weight is 385 g/mol. The highest BCUT2D eigenvalue weighted by atomic mass is 32.2. The standard InChI is InChI=1S/C20H20FN3O2S/c21-13-5-12(8-23-9-13)11-1-3-17-15(6-11)20(10-27-19(22)24-20)16-7-14(25)2-4-18(16)26-17/h1,3,5-6,8-9,14,16,18,25H,2,4,7,10H2,(H2,22,24). The van der Waals surface area contributed by atoms with Gasteiger partial charge < -0.3 is 15.6 Å². The third-order valence-electron chi connectivity index (χ3n) is 5.88. The molecular formula is C20H20FN3O2S. The number of aliphatic imine (C=N–C) groups is 1. The monoisotopic (exact) mass is 385 g/mol. The van der Waals surface area contributed by atoms with Crippen LogP contribution in [0.5, 0.6) is 5.75 Å². The van der Waals surface area contributed by atoms with E-state index in [9.17, 15) is 9.50 Å². The van der Waals surface area contributed by atoms with E-state index in [1.54, 1.807) is 18.0 Å². The zero-order chi connectivity index (χ0) is 18.6. The van der Waals surface area contributed by atoms with Gasteiger partial charge in [-0.15, -0.1) is 0 Å². The van der Waals surface area contributed by atoms with Gasteiger partial charge in [-0.25, -0.2) is 9.38 Å². The predicted octanol–water partition coefficient (Wildman–Crippen LogP) is 3.07. The number of pyridine rings is 1. The Labute approximate surface area is 160 Å². The molecule has 0 saturated heterocycles. The summed E-state index contributed by atoms with van der Waals surface area (Å²) in [7, 11) is 0. The first kappa shape index (κ1) is 17.0. The third-order valence-corrected chi connectivity index (χ3v) is 6.86.